The fourth-order valence-corrected chi connectivity index (χ4v) is 8.37. The van der Waals surface area contributed by atoms with Crippen LogP contribution in [0.2, 0.25) is 0 Å². The van der Waals surface area contributed by atoms with Crippen LogP contribution in [0.4, 0.5) is 11.4 Å². The van der Waals surface area contributed by atoms with Crippen molar-refractivity contribution in [1.82, 2.24) is 0 Å². The van der Waals surface area contributed by atoms with E-state index in [1.165, 1.54) is 42.5 Å². The number of anilines is 2. The Morgan fingerprint density at radius 1 is 0.831 bits per heavy atom. The van der Waals surface area contributed by atoms with Gasteiger partial charge in [-0.05, 0) is 116 Å². The predicted octanol–water partition coefficient (Wildman–Crippen LogP) is -0.592. The summed E-state index contributed by atoms with van der Waals surface area (Å²) in [5.41, 5.74) is 5.90. The number of benzene rings is 5. The van der Waals surface area contributed by atoms with Crippen LogP contribution < -0.4 is 79.5 Å². The molecule has 1 aliphatic rings. The maximum atomic E-state index is 13.0. The summed E-state index contributed by atoms with van der Waals surface area (Å²) >= 11 is 0. The van der Waals surface area contributed by atoms with Gasteiger partial charge < -0.3 is 34.1 Å². The van der Waals surface area contributed by atoms with Crippen LogP contribution in [0.25, 0.3) is 5.57 Å². The van der Waals surface area contributed by atoms with E-state index in [9.17, 15) is 40.8 Å². The molecule has 5 aromatic carbocycles. The van der Waals surface area contributed by atoms with Crippen molar-refractivity contribution in [2.24, 2.45) is 0 Å². The molecular formula is C47H46BN3Na2O10S2. The Morgan fingerprint density at radius 3 is 2.17 bits per heavy atom. The summed E-state index contributed by atoms with van der Waals surface area (Å²) in [4.78, 5) is 14.0. The zero-order chi connectivity index (χ0) is 45.1. The second-order valence-electron chi connectivity index (χ2n) is 14.6. The molecular weight excluding hydrogens is 887 g/mol. The Kier molecular flexibility index (Phi) is 20.2. The zero-order valence-corrected chi connectivity index (χ0v) is 42.3. The first kappa shape index (κ1) is 53.5. The van der Waals surface area contributed by atoms with Crippen LogP contribution in [0.3, 0.4) is 0 Å². The van der Waals surface area contributed by atoms with Gasteiger partial charge >= 0.3 is 66.2 Å². The Hall–Kier alpha value is -4.14. The molecule has 0 aliphatic heterocycles. The molecule has 1 aliphatic carbocycles. The summed E-state index contributed by atoms with van der Waals surface area (Å²) in [5, 5.41) is 21.5. The molecule has 65 heavy (non-hydrogen) atoms. The maximum absolute atomic E-state index is 13.0. The number of rotatable bonds is 18. The molecule has 326 valence electrons. The fraction of sp³-hybridized carbons (Fsp3) is 0.191. The van der Waals surface area contributed by atoms with Crippen molar-refractivity contribution in [1.29, 1.82) is 0 Å². The molecule has 0 aromatic heterocycles. The Bertz CT molecular complexity index is 2780. The van der Waals surface area contributed by atoms with Gasteiger partial charge in [0.2, 0.25) is 5.91 Å². The van der Waals surface area contributed by atoms with Gasteiger partial charge in [0.05, 0.1) is 16.4 Å². The molecule has 0 heterocycles. The molecule has 3 N–H and O–H groups in total. The third-order valence-electron chi connectivity index (χ3n) is 10.3. The minimum absolute atomic E-state index is 0. The molecule has 0 saturated carbocycles. The van der Waals surface area contributed by atoms with Crippen molar-refractivity contribution < 1.29 is 109 Å². The fourth-order valence-electron chi connectivity index (χ4n) is 7.12. The van der Waals surface area contributed by atoms with Crippen molar-refractivity contribution in [3.05, 3.63) is 173 Å². The van der Waals surface area contributed by atoms with Crippen molar-refractivity contribution in [3.8, 4) is 5.75 Å². The van der Waals surface area contributed by atoms with E-state index in [0.717, 1.165) is 17.0 Å². The molecule has 0 atom stereocenters. The monoisotopic (exact) mass is 933 g/mol. The van der Waals surface area contributed by atoms with Gasteiger partial charge in [-0.2, -0.15) is 30.3 Å². The third kappa shape index (κ3) is 14.9. The molecule has 18 heteroatoms. The van der Waals surface area contributed by atoms with E-state index in [0.29, 0.717) is 54.1 Å². The SMILES string of the molecule is CCN(Cc1c[c-]ccc1)c1ccc(C(=C2C=CC(=[N+](CC)Cc3cccc(S(=O)(=O)[O-])c3)C=C2)c2ccc(OCCCC(=O)Nc3cccc(B(O)O)c3)cc2S(=O)(=O)[O-])cc1.[Na+].[Na+]. The maximum Gasteiger partial charge on any atom is 1.00 e. The number of nitrogens with zero attached hydrogens (tertiary/aromatic N) is 2. The van der Waals surface area contributed by atoms with Crippen LogP contribution in [0.15, 0.2) is 155 Å². The van der Waals surface area contributed by atoms with E-state index < -0.39 is 32.3 Å². The summed E-state index contributed by atoms with van der Waals surface area (Å²) in [5.74, 6) is -0.225. The second-order valence-corrected chi connectivity index (χ2v) is 17.3. The van der Waals surface area contributed by atoms with Crippen molar-refractivity contribution >= 4 is 61.4 Å². The third-order valence-corrected chi connectivity index (χ3v) is 12.0. The van der Waals surface area contributed by atoms with E-state index in [-0.39, 0.29) is 106 Å². The standard InChI is InChI=1S/C47H48BN3O10S2.2Na/c1-3-50(32-34-11-6-5-7-12-34)40-22-18-36(19-23-40)47(37-20-24-41(25-21-37)51(4-2)33-35-13-8-16-43(29-35)62(55,56)57)44-27-26-42(31-45(44)63(58,59)60)61-28-10-17-46(52)49-39-15-9-14-38(30-39)48(53)54;;/h5-6,8-9,11-16,18-27,29-31,53-54H,3-4,10,17,28,32-33H2,1-2H3,(H,49,52)(H,55,56,57)(H,58,59,60);;/q;2*+1/p-2. The summed E-state index contributed by atoms with van der Waals surface area (Å²) < 4.78 is 82.0. The van der Waals surface area contributed by atoms with Crippen molar-refractivity contribution in [2.45, 2.75) is 49.6 Å². The van der Waals surface area contributed by atoms with E-state index >= 15 is 0 Å². The van der Waals surface area contributed by atoms with Gasteiger partial charge in [-0.3, -0.25) is 4.79 Å². The first-order chi connectivity index (χ1) is 30.1. The van der Waals surface area contributed by atoms with Gasteiger partial charge in [-0.15, -0.1) is 5.56 Å². The number of allylic oxidation sites excluding steroid dienone is 5. The first-order valence-electron chi connectivity index (χ1n) is 20.2. The minimum Gasteiger partial charge on any atom is -0.744 e. The van der Waals surface area contributed by atoms with Crippen molar-refractivity contribution in [3.63, 3.8) is 0 Å². The smallest absolute Gasteiger partial charge is 0.744 e. The van der Waals surface area contributed by atoms with E-state index in [4.69, 9.17) is 4.74 Å². The number of hydrogen-bond acceptors (Lipinski definition) is 11. The molecule has 1 amide bonds. The molecule has 6 rings (SSSR count). The molecule has 0 spiro atoms. The summed E-state index contributed by atoms with van der Waals surface area (Å²) in [6.07, 6.45) is 7.64. The predicted molar refractivity (Wildman–Crippen MR) is 241 cm³/mol. The van der Waals surface area contributed by atoms with Gasteiger partial charge in [-0.1, -0.05) is 36.4 Å². The molecule has 13 nitrogen and oxygen atoms in total. The van der Waals surface area contributed by atoms with Crippen LogP contribution in [-0.2, 0) is 38.1 Å². The Labute approximate surface area is 425 Å². The largest absolute Gasteiger partial charge is 1.00 e. The summed E-state index contributed by atoms with van der Waals surface area (Å²) in [6.45, 7) is 6.22. The molecule has 0 unspecified atom stereocenters. The Morgan fingerprint density at radius 2 is 1.54 bits per heavy atom. The van der Waals surface area contributed by atoms with Crippen LogP contribution in [0.5, 0.6) is 5.75 Å². The molecule has 0 radical (unpaired) electrons. The van der Waals surface area contributed by atoms with Gasteiger partial charge in [0.1, 0.15) is 32.5 Å². The number of carbonyl (C=O) groups excluding carboxylic acids is 1. The van der Waals surface area contributed by atoms with E-state index in [1.807, 2.05) is 84.3 Å². The average Bonchev–Trinajstić information content (AvgIpc) is 3.27. The summed E-state index contributed by atoms with van der Waals surface area (Å²) in [7, 11) is -11.4. The molecule has 0 saturated heterocycles. The quantitative estimate of drug-likeness (QED) is 0.0334. The van der Waals surface area contributed by atoms with Crippen molar-refractivity contribution in [2.75, 3.05) is 29.9 Å². The minimum atomic E-state index is -5.07. The van der Waals surface area contributed by atoms with Gasteiger partial charge in [0.25, 0.3) is 0 Å². The first-order valence-corrected chi connectivity index (χ1v) is 23.0. The van der Waals surface area contributed by atoms with Crippen LogP contribution in [0.1, 0.15) is 48.9 Å². The number of carbonyl (C=O) groups is 1. The average molecular weight is 934 g/mol. The van der Waals surface area contributed by atoms with Crippen LogP contribution >= 0.6 is 0 Å². The molecule has 0 fully saturated rings. The zero-order valence-electron chi connectivity index (χ0n) is 36.7. The topological polar surface area (TPSA) is 199 Å². The van der Waals surface area contributed by atoms with Crippen LogP contribution in [-0.4, -0.2) is 79.0 Å². The van der Waals surface area contributed by atoms with Crippen LogP contribution in [0, 0.1) is 6.07 Å². The number of nitrogens with one attached hydrogen (secondary N) is 1. The van der Waals surface area contributed by atoms with E-state index in [1.54, 1.807) is 24.3 Å². The second kappa shape index (κ2) is 24.6. The molecule has 0 bridgehead atoms. The van der Waals surface area contributed by atoms with E-state index in [2.05, 4.69) is 23.2 Å². The Balaban J connectivity index is 0.00000462. The normalized spacial score (nSPS) is 12.2. The van der Waals surface area contributed by atoms with Gasteiger partial charge in [0, 0.05) is 47.6 Å². The molecule has 5 aromatic rings. The number of amides is 1. The number of hydrogen-bond donors (Lipinski definition) is 3. The van der Waals surface area contributed by atoms with Gasteiger partial charge in [0.15, 0.2) is 12.3 Å². The number of ether oxygens (including phenoxy) is 1. The summed E-state index contributed by atoms with van der Waals surface area (Å²) in [6, 6.07) is 34.8. The van der Waals surface area contributed by atoms with Gasteiger partial charge in [-0.25, -0.2) is 21.4 Å².